The maximum atomic E-state index is 2.61. The highest BCUT2D eigenvalue weighted by molar-refractivity contribution is 5.67. The van der Waals surface area contributed by atoms with E-state index in [-0.39, 0.29) is 5.54 Å². The fourth-order valence-electron chi connectivity index (χ4n) is 4.56. The molecule has 1 aliphatic rings. The second-order valence-electron chi connectivity index (χ2n) is 7.96. The Bertz CT molecular complexity index is 811. The number of nitrogens with zero attached hydrogens (tertiary/aromatic N) is 1. The summed E-state index contributed by atoms with van der Waals surface area (Å²) in [4.78, 5) is 2.61. The number of benzene rings is 3. The Morgan fingerprint density at radius 3 is 1.56 bits per heavy atom. The van der Waals surface area contributed by atoms with Crippen LogP contribution in [-0.2, 0) is 5.54 Å². The van der Waals surface area contributed by atoms with Crippen molar-refractivity contribution in [1.82, 2.24) is 0 Å². The number of aryl methyl sites for hydroxylation is 2. The van der Waals surface area contributed by atoms with Gasteiger partial charge in [-0.15, -0.1) is 0 Å². The molecular formula is C26H29N. The van der Waals surface area contributed by atoms with Crippen molar-refractivity contribution < 1.29 is 0 Å². The van der Waals surface area contributed by atoms with Gasteiger partial charge in [0.05, 0.1) is 5.54 Å². The maximum Gasteiger partial charge on any atom is 0.0702 e. The predicted octanol–water partition coefficient (Wildman–Crippen LogP) is 7.30. The lowest BCUT2D eigenvalue weighted by atomic mass is 9.74. The third-order valence-electron chi connectivity index (χ3n) is 6.00. The largest absolute Gasteiger partial charge is 0.331 e. The van der Waals surface area contributed by atoms with E-state index in [4.69, 9.17) is 0 Å². The summed E-state index contributed by atoms with van der Waals surface area (Å²) in [6, 6.07) is 29.2. The van der Waals surface area contributed by atoms with E-state index in [1.54, 1.807) is 0 Å². The molecule has 0 bridgehead atoms. The van der Waals surface area contributed by atoms with Crippen molar-refractivity contribution in [3.8, 4) is 0 Å². The summed E-state index contributed by atoms with van der Waals surface area (Å²) < 4.78 is 0. The molecule has 0 aliphatic heterocycles. The van der Waals surface area contributed by atoms with Crippen molar-refractivity contribution in [2.24, 2.45) is 0 Å². The predicted molar refractivity (Wildman–Crippen MR) is 116 cm³/mol. The van der Waals surface area contributed by atoms with Crippen LogP contribution >= 0.6 is 0 Å². The van der Waals surface area contributed by atoms with Gasteiger partial charge in [-0.05, 0) is 56.5 Å². The first kappa shape index (κ1) is 17.9. The van der Waals surface area contributed by atoms with E-state index in [1.807, 2.05) is 0 Å². The molecule has 138 valence electrons. The minimum atomic E-state index is 0.0179. The standard InChI is InChI=1S/C26H29N/c1-21-11-15-24(16-12-21)27(25-17-13-22(2)14-18-25)26(19-7-4-8-20-26)23-9-5-3-6-10-23/h3,5-6,9-18H,4,7-8,19-20H2,1-2H3. The summed E-state index contributed by atoms with van der Waals surface area (Å²) in [6.45, 7) is 4.32. The normalized spacial score (nSPS) is 16.1. The van der Waals surface area contributed by atoms with Crippen LogP contribution in [0.4, 0.5) is 11.4 Å². The third kappa shape index (κ3) is 3.51. The summed E-state index contributed by atoms with van der Waals surface area (Å²) in [5.74, 6) is 0. The molecule has 0 unspecified atom stereocenters. The molecule has 1 saturated carbocycles. The lowest BCUT2D eigenvalue weighted by Crippen LogP contribution is -2.45. The van der Waals surface area contributed by atoms with Gasteiger partial charge in [0.15, 0.2) is 0 Å². The van der Waals surface area contributed by atoms with Crippen molar-refractivity contribution in [3.63, 3.8) is 0 Å². The lowest BCUT2D eigenvalue weighted by Gasteiger charge is -2.48. The molecule has 0 atom stereocenters. The van der Waals surface area contributed by atoms with Gasteiger partial charge in [0.2, 0.25) is 0 Å². The Morgan fingerprint density at radius 2 is 1.07 bits per heavy atom. The average molecular weight is 356 g/mol. The molecule has 4 rings (SSSR count). The van der Waals surface area contributed by atoms with Crippen LogP contribution < -0.4 is 4.90 Å². The van der Waals surface area contributed by atoms with Crippen LogP contribution in [0.15, 0.2) is 78.9 Å². The minimum Gasteiger partial charge on any atom is -0.331 e. The summed E-state index contributed by atoms with van der Waals surface area (Å²) in [6.07, 6.45) is 6.29. The van der Waals surface area contributed by atoms with Crippen LogP contribution in [0.3, 0.4) is 0 Å². The molecule has 27 heavy (non-hydrogen) atoms. The van der Waals surface area contributed by atoms with Gasteiger partial charge in [-0.1, -0.05) is 85.0 Å². The van der Waals surface area contributed by atoms with Crippen molar-refractivity contribution in [2.75, 3.05) is 4.90 Å². The van der Waals surface area contributed by atoms with E-state index in [2.05, 4.69) is 97.6 Å². The van der Waals surface area contributed by atoms with E-state index in [1.165, 1.54) is 60.2 Å². The van der Waals surface area contributed by atoms with Gasteiger partial charge in [0.1, 0.15) is 0 Å². The van der Waals surface area contributed by atoms with E-state index >= 15 is 0 Å². The molecule has 1 aliphatic carbocycles. The second kappa shape index (κ2) is 7.60. The number of rotatable bonds is 4. The monoisotopic (exact) mass is 355 g/mol. The van der Waals surface area contributed by atoms with Gasteiger partial charge in [0, 0.05) is 11.4 Å². The number of hydrogen-bond donors (Lipinski definition) is 0. The lowest BCUT2D eigenvalue weighted by molar-refractivity contribution is 0.298. The molecule has 1 fully saturated rings. The van der Waals surface area contributed by atoms with E-state index in [9.17, 15) is 0 Å². The van der Waals surface area contributed by atoms with Crippen LogP contribution in [0.2, 0.25) is 0 Å². The second-order valence-corrected chi connectivity index (χ2v) is 7.96. The molecule has 0 saturated heterocycles. The Balaban J connectivity index is 1.91. The highest BCUT2D eigenvalue weighted by Crippen LogP contribution is 2.48. The molecule has 0 aromatic heterocycles. The maximum absolute atomic E-state index is 2.61. The Hall–Kier alpha value is -2.54. The summed E-state index contributed by atoms with van der Waals surface area (Å²) in [7, 11) is 0. The molecule has 1 heteroatoms. The minimum absolute atomic E-state index is 0.0179. The quantitative estimate of drug-likeness (QED) is 0.474. The van der Waals surface area contributed by atoms with E-state index in [0.717, 1.165) is 0 Å². The zero-order valence-electron chi connectivity index (χ0n) is 16.5. The van der Waals surface area contributed by atoms with Gasteiger partial charge < -0.3 is 4.90 Å². The van der Waals surface area contributed by atoms with Crippen LogP contribution in [0.5, 0.6) is 0 Å². The molecule has 0 N–H and O–H groups in total. The Labute approximate surface area is 163 Å². The zero-order chi connectivity index (χ0) is 18.7. The SMILES string of the molecule is Cc1ccc(N(c2ccc(C)cc2)C2(c3ccccc3)CCCCC2)cc1. The van der Waals surface area contributed by atoms with E-state index in [0.29, 0.717) is 0 Å². The first-order valence-corrected chi connectivity index (χ1v) is 10.2. The van der Waals surface area contributed by atoms with Crippen molar-refractivity contribution in [2.45, 2.75) is 51.5 Å². The fourth-order valence-corrected chi connectivity index (χ4v) is 4.56. The number of anilines is 2. The third-order valence-corrected chi connectivity index (χ3v) is 6.00. The van der Waals surface area contributed by atoms with Crippen LogP contribution in [0, 0.1) is 13.8 Å². The molecule has 1 nitrogen and oxygen atoms in total. The average Bonchev–Trinajstić information content (AvgIpc) is 2.72. The van der Waals surface area contributed by atoms with Crippen LogP contribution in [0.25, 0.3) is 0 Å². The van der Waals surface area contributed by atoms with Crippen LogP contribution in [0.1, 0.15) is 48.8 Å². The molecule has 3 aromatic carbocycles. The van der Waals surface area contributed by atoms with Gasteiger partial charge in [-0.3, -0.25) is 0 Å². The van der Waals surface area contributed by atoms with Gasteiger partial charge in [0.25, 0.3) is 0 Å². The van der Waals surface area contributed by atoms with Gasteiger partial charge >= 0.3 is 0 Å². The summed E-state index contributed by atoms with van der Waals surface area (Å²) in [5.41, 5.74) is 6.64. The highest BCUT2D eigenvalue weighted by atomic mass is 15.2. The summed E-state index contributed by atoms with van der Waals surface area (Å²) >= 11 is 0. The fraction of sp³-hybridized carbons (Fsp3) is 0.308. The molecule has 0 spiro atoms. The Morgan fingerprint density at radius 1 is 0.593 bits per heavy atom. The topological polar surface area (TPSA) is 3.24 Å². The van der Waals surface area contributed by atoms with Crippen molar-refractivity contribution in [1.29, 1.82) is 0 Å². The summed E-state index contributed by atoms with van der Waals surface area (Å²) in [5, 5.41) is 0. The van der Waals surface area contributed by atoms with E-state index < -0.39 is 0 Å². The molecule has 0 radical (unpaired) electrons. The first-order chi connectivity index (χ1) is 13.2. The van der Waals surface area contributed by atoms with Crippen LogP contribution in [-0.4, -0.2) is 0 Å². The zero-order valence-corrected chi connectivity index (χ0v) is 16.5. The molecular weight excluding hydrogens is 326 g/mol. The van der Waals surface area contributed by atoms with Crippen molar-refractivity contribution in [3.05, 3.63) is 95.6 Å². The molecule has 0 amide bonds. The van der Waals surface area contributed by atoms with Crippen molar-refractivity contribution >= 4 is 11.4 Å². The van der Waals surface area contributed by atoms with Gasteiger partial charge in [-0.2, -0.15) is 0 Å². The first-order valence-electron chi connectivity index (χ1n) is 10.2. The number of hydrogen-bond acceptors (Lipinski definition) is 1. The molecule has 3 aromatic rings. The molecule has 0 heterocycles. The Kier molecular flexibility index (Phi) is 5.03. The van der Waals surface area contributed by atoms with Gasteiger partial charge in [-0.25, -0.2) is 0 Å². The smallest absolute Gasteiger partial charge is 0.0702 e. The highest BCUT2D eigenvalue weighted by Gasteiger charge is 2.40.